The molecule has 0 saturated heterocycles. The minimum Gasteiger partial charge on any atom is -0.490 e. The summed E-state index contributed by atoms with van der Waals surface area (Å²) in [4.78, 5) is 24.0. The van der Waals surface area contributed by atoms with Crippen LogP contribution in [-0.2, 0) is 28.5 Å². The minimum atomic E-state index is -0.580. The molecule has 8 heteroatoms. The summed E-state index contributed by atoms with van der Waals surface area (Å²) in [5.74, 6) is 1.20. The number of hydrogen-bond acceptors (Lipinski definition) is 8. The molecule has 8 nitrogen and oxygen atoms in total. The van der Waals surface area contributed by atoms with E-state index in [1.165, 1.54) is 12.8 Å². The van der Waals surface area contributed by atoms with Crippen LogP contribution < -0.4 is 9.47 Å². The van der Waals surface area contributed by atoms with E-state index in [-0.39, 0.29) is 26.4 Å². The normalized spacial score (nSPS) is 13.7. The summed E-state index contributed by atoms with van der Waals surface area (Å²) in [5.41, 5.74) is 0. The Balaban J connectivity index is 2.03. The fourth-order valence-corrected chi connectivity index (χ4v) is 5.01. The number of hydrogen-bond donors (Lipinski definition) is 0. The minimum absolute atomic E-state index is 0.135. The van der Waals surface area contributed by atoms with Crippen molar-refractivity contribution in [2.24, 2.45) is 11.8 Å². The van der Waals surface area contributed by atoms with Gasteiger partial charge in [-0.25, -0.2) is 9.59 Å². The number of fused-ring (bicyclic) bond motifs is 1. The molecule has 4 atom stereocenters. The Hall–Kier alpha value is -3.36. The number of rotatable bonds is 26. The van der Waals surface area contributed by atoms with E-state index in [0.29, 0.717) is 36.5 Å². The van der Waals surface area contributed by atoms with Gasteiger partial charge >= 0.3 is 11.9 Å². The van der Waals surface area contributed by atoms with E-state index in [2.05, 4.69) is 40.9 Å². The first kappa shape index (κ1) is 38.8. The lowest BCUT2D eigenvalue weighted by Crippen LogP contribution is -2.30. The average Bonchev–Trinajstić information content (AvgIpc) is 3.08. The Morgan fingerprint density at radius 1 is 0.696 bits per heavy atom. The summed E-state index contributed by atoms with van der Waals surface area (Å²) in [6, 6.07) is 11.4. The summed E-state index contributed by atoms with van der Waals surface area (Å²) >= 11 is 0. The van der Waals surface area contributed by atoms with Gasteiger partial charge in [-0.3, -0.25) is 0 Å². The van der Waals surface area contributed by atoms with Gasteiger partial charge in [0, 0.05) is 30.8 Å². The molecule has 0 saturated carbocycles. The summed E-state index contributed by atoms with van der Waals surface area (Å²) in [6.45, 7) is 17.7. The number of unbranched alkanes of at least 4 members (excludes halogenated alkanes) is 2. The zero-order valence-electron chi connectivity index (χ0n) is 28.5. The van der Waals surface area contributed by atoms with Crippen LogP contribution >= 0.6 is 0 Å². The average molecular weight is 641 g/mol. The van der Waals surface area contributed by atoms with E-state index in [1.54, 1.807) is 0 Å². The van der Waals surface area contributed by atoms with Crippen molar-refractivity contribution < 1.29 is 38.0 Å². The second-order valence-corrected chi connectivity index (χ2v) is 11.7. The molecule has 4 unspecified atom stereocenters. The number of carbonyl (C=O) groups excluding carboxylic acids is 2. The van der Waals surface area contributed by atoms with Crippen molar-refractivity contribution in [1.29, 1.82) is 0 Å². The molecule has 0 spiro atoms. The van der Waals surface area contributed by atoms with Crippen LogP contribution in [0.2, 0.25) is 0 Å². The molecule has 0 heterocycles. The van der Waals surface area contributed by atoms with Crippen molar-refractivity contribution >= 4 is 22.7 Å². The standard InChI is InChI=1S/C38H56O8/c1-7-13-16-29(9-3)23-41-25-33(45-37(39)11-5)27-43-32-20-21-35-31(22-32)18-15-19-36(35)44-28-34(46-38(40)12-6)26-42-24-30(10-4)17-14-8-2/h11-12,15,18-22,29-30,33-34H,5-10,13-14,16-17,23-28H2,1-4H3. The molecule has 0 amide bonds. The lowest BCUT2D eigenvalue weighted by Gasteiger charge is -2.21. The molecule has 256 valence electrons. The highest BCUT2D eigenvalue weighted by molar-refractivity contribution is 5.89. The third-order valence-corrected chi connectivity index (χ3v) is 7.97. The van der Waals surface area contributed by atoms with Crippen molar-refractivity contribution in [3.63, 3.8) is 0 Å². The van der Waals surface area contributed by atoms with Crippen molar-refractivity contribution in [3.8, 4) is 11.5 Å². The molecule has 2 rings (SSSR count). The highest BCUT2D eigenvalue weighted by Gasteiger charge is 2.18. The molecule has 0 aromatic heterocycles. The van der Waals surface area contributed by atoms with E-state index in [4.69, 9.17) is 28.4 Å². The van der Waals surface area contributed by atoms with Gasteiger partial charge in [0.15, 0.2) is 12.2 Å². The van der Waals surface area contributed by atoms with Crippen molar-refractivity contribution in [2.75, 3.05) is 39.6 Å². The van der Waals surface area contributed by atoms with Gasteiger partial charge < -0.3 is 28.4 Å². The SMILES string of the molecule is C=CC(=O)OC(COCC(CC)CCCC)COc1ccc2c(OCC(COCC(CC)CCCC)OC(=O)C=C)cccc2c1. The maximum atomic E-state index is 12.0. The van der Waals surface area contributed by atoms with E-state index in [0.717, 1.165) is 61.4 Å². The maximum Gasteiger partial charge on any atom is 0.330 e. The van der Waals surface area contributed by atoms with Crippen LogP contribution in [0.5, 0.6) is 11.5 Å². The number of carbonyl (C=O) groups is 2. The molecule has 2 aromatic rings. The fourth-order valence-electron chi connectivity index (χ4n) is 5.01. The Kier molecular flexibility index (Phi) is 19.4. The Morgan fingerprint density at radius 3 is 1.74 bits per heavy atom. The number of ether oxygens (including phenoxy) is 6. The van der Waals surface area contributed by atoms with Crippen molar-refractivity contribution in [2.45, 2.75) is 91.3 Å². The maximum absolute atomic E-state index is 12.0. The van der Waals surface area contributed by atoms with Crippen LogP contribution in [-0.4, -0.2) is 63.8 Å². The lowest BCUT2D eigenvalue weighted by atomic mass is 10.0. The third-order valence-electron chi connectivity index (χ3n) is 7.97. The van der Waals surface area contributed by atoms with Gasteiger partial charge in [0.05, 0.1) is 13.2 Å². The molecular weight excluding hydrogens is 584 g/mol. The third kappa shape index (κ3) is 14.8. The van der Waals surface area contributed by atoms with Gasteiger partial charge in [-0.1, -0.05) is 91.5 Å². The number of benzene rings is 2. The molecule has 46 heavy (non-hydrogen) atoms. The Morgan fingerprint density at radius 2 is 1.24 bits per heavy atom. The molecular formula is C38H56O8. The van der Waals surface area contributed by atoms with Crippen LogP contribution in [0, 0.1) is 11.8 Å². The van der Waals surface area contributed by atoms with Gasteiger partial charge in [-0.15, -0.1) is 0 Å². The lowest BCUT2D eigenvalue weighted by molar-refractivity contribution is -0.149. The first-order valence-electron chi connectivity index (χ1n) is 17.0. The van der Waals surface area contributed by atoms with Crippen LogP contribution in [0.4, 0.5) is 0 Å². The van der Waals surface area contributed by atoms with E-state index in [1.807, 2.05) is 36.4 Å². The van der Waals surface area contributed by atoms with E-state index in [9.17, 15) is 9.59 Å². The summed E-state index contributed by atoms with van der Waals surface area (Å²) in [7, 11) is 0. The zero-order valence-corrected chi connectivity index (χ0v) is 28.5. The van der Waals surface area contributed by atoms with Gasteiger partial charge in [-0.05, 0) is 54.3 Å². The molecule has 0 aliphatic heterocycles. The molecule has 0 N–H and O–H groups in total. The van der Waals surface area contributed by atoms with Crippen LogP contribution in [0.15, 0.2) is 61.7 Å². The number of esters is 2. The van der Waals surface area contributed by atoms with Crippen LogP contribution in [0.1, 0.15) is 79.1 Å². The fraction of sp³-hybridized carbons (Fsp3) is 0.579. The first-order chi connectivity index (χ1) is 22.4. The smallest absolute Gasteiger partial charge is 0.330 e. The van der Waals surface area contributed by atoms with Gasteiger partial charge in [-0.2, -0.15) is 0 Å². The molecule has 0 aliphatic carbocycles. The summed E-state index contributed by atoms with van der Waals surface area (Å²) in [6.07, 6.45) is 10.1. The largest absolute Gasteiger partial charge is 0.490 e. The monoisotopic (exact) mass is 640 g/mol. The Bertz CT molecular complexity index is 1180. The zero-order chi connectivity index (χ0) is 33.6. The summed E-state index contributed by atoms with van der Waals surface area (Å²) < 4.78 is 35.1. The van der Waals surface area contributed by atoms with E-state index < -0.39 is 24.1 Å². The second-order valence-electron chi connectivity index (χ2n) is 11.7. The van der Waals surface area contributed by atoms with E-state index >= 15 is 0 Å². The topological polar surface area (TPSA) is 89.5 Å². The molecule has 0 aliphatic rings. The second kappa shape index (κ2) is 23.0. The Labute approximate surface area is 276 Å². The van der Waals surface area contributed by atoms with Crippen molar-refractivity contribution in [1.82, 2.24) is 0 Å². The highest BCUT2D eigenvalue weighted by atomic mass is 16.6. The molecule has 0 bridgehead atoms. The van der Waals surface area contributed by atoms with Gasteiger partial charge in [0.25, 0.3) is 0 Å². The van der Waals surface area contributed by atoms with Crippen LogP contribution in [0.25, 0.3) is 10.8 Å². The molecule has 2 aromatic carbocycles. The van der Waals surface area contributed by atoms with Gasteiger partial charge in [0.2, 0.25) is 0 Å². The van der Waals surface area contributed by atoms with Gasteiger partial charge in [0.1, 0.15) is 24.7 Å². The quantitative estimate of drug-likeness (QED) is 0.0750. The predicted octanol–water partition coefficient (Wildman–Crippen LogP) is 8.26. The molecule has 0 radical (unpaired) electrons. The van der Waals surface area contributed by atoms with Crippen LogP contribution in [0.3, 0.4) is 0 Å². The molecule has 0 fully saturated rings. The summed E-state index contributed by atoms with van der Waals surface area (Å²) in [5, 5.41) is 1.79. The van der Waals surface area contributed by atoms with Crippen molar-refractivity contribution in [3.05, 3.63) is 61.7 Å². The highest BCUT2D eigenvalue weighted by Crippen LogP contribution is 2.29. The first-order valence-corrected chi connectivity index (χ1v) is 17.0. The predicted molar refractivity (Wildman–Crippen MR) is 183 cm³/mol.